The third kappa shape index (κ3) is 3.73. The highest BCUT2D eigenvalue weighted by atomic mass is 127. The van der Waals surface area contributed by atoms with Crippen molar-refractivity contribution in [2.75, 3.05) is 7.11 Å². The Bertz CT molecular complexity index is 1860. The predicted octanol–water partition coefficient (Wildman–Crippen LogP) is 4.58. The highest BCUT2D eigenvalue weighted by molar-refractivity contribution is 14.1. The number of carbonyl (C=O) groups excluding carboxylic acids is 2. The van der Waals surface area contributed by atoms with Gasteiger partial charge in [-0.1, -0.05) is 47.5 Å². The molecule has 3 aromatic rings. The number of methoxy groups -OCH3 is 1. The van der Waals surface area contributed by atoms with Crippen molar-refractivity contribution in [1.82, 2.24) is 13.9 Å². The SMILES string of the molecule is COc1cc(C2C3=CCn4c(=O)n(-c5ccccc5)c(=O)n4C3CC3(Cl)C(=O)C(Cl)=C(Cl)C(=O)C23Cl)cc(I)c1O. The van der Waals surface area contributed by atoms with Gasteiger partial charge in [0.1, 0.15) is 19.8 Å². The van der Waals surface area contributed by atoms with E-state index in [-0.39, 0.29) is 24.5 Å². The maximum Gasteiger partial charge on any atom is 0.352 e. The molecule has 6 rings (SSSR count). The van der Waals surface area contributed by atoms with E-state index in [4.69, 9.17) is 51.1 Å². The van der Waals surface area contributed by atoms with Crippen LogP contribution in [0, 0.1) is 3.57 Å². The summed E-state index contributed by atoms with van der Waals surface area (Å²) in [7, 11) is 1.36. The highest BCUT2D eigenvalue weighted by Crippen LogP contribution is 2.64. The Morgan fingerprint density at radius 2 is 1.66 bits per heavy atom. The lowest BCUT2D eigenvalue weighted by Crippen LogP contribution is -2.67. The van der Waals surface area contributed by atoms with Gasteiger partial charge in [0.15, 0.2) is 23.1 Å². The molecule has 0 amide bonds. The average Bonchev–Trinajstić information content (AvgIpc) is 3.22. The van der Waals surface area contributed by atoms with Gasteiger partial charge >= 0.3 is 11.4 Å². The van der Waals surface area contributed by atoms with Crippen molar-refractivity contribution >= 4 is 80.6 Å². The molecule has 2 aromatic carbocycles. The van der Waals surface area contributed by atoms with E-state index in [9.17, 15) is 24.3 Å². The van der Waals surface area contributed by atoms with Gasteiger partial charge < -0.3 is 9.84 Å². The summed E-state index contributed by atoms with van der Waals surface area (Å²) in [4.78, 5) is 50.6. The summed E-state index contributed by atoms with van der Waals surface area (Å²) in [6.45, 7) is -0.0305. The van der Waals surface area contributed by atoms with Crippen LogP contribution in [-0.4, -0.2) is 47.5 Å². The molecule has 4 atom stereocenters. The maximum atomic E-state index is 13.9. The Labute approximate surface area is 265 Å². The second kappa shape index (κ2) is 9.77. The van der Waals surface area contributed by atoms with Crippen LogP contribution in [0.1, 0.15) is 23.9 Å². The van der Waals surface area contributed by atoms with Crippen LogP contribution in [0.2, 0.25) is 0 Å². The summed E-state index contributed by atoms with van der Waals surface area (Å²) in [5.74, 6) is -2.93. The molecule has 212 valence electrons. The molecule has 3 aliphatic rings. The molecule has 14 heteroatoms. The number of hydrogen-bond acceptors (Lipinski definition) is 6. The Morgan fingerprint density at radius 3 is 2.32 bits per heavy atom. The number of aromatic nitrogens is 3. The lowest BCUT2D eigenvalue weighted by Gasteiger charge is -2.54. The van der Waals surface area contributed by atoms with Crippen LogP contribution in [0.5, 0.6) is 11.5 Å². The molecule has 0 bridgehead atoms. The molecule has 1 saturated carbocycles. The number of aromatic hydroxyl groups is 1. The number of ether oxygens (including phenoxy) is 1. The van der Waals surface area contributed by atoms with Crippen LogP contribution in [0.3, 0.4) is 0 Å². The molecule has 1 N–H and O–H groups in total. The van der Waals surface area contributed by atoms with Crippen LogP contribution in [0.25, 0.3) is 5.69 Å². The molecule has 0 spiro atoms. The lowest BCUT2D eigenvalue weighted by atomic mass is 9.59. The monoisotopic (exact) mass is 747 g/mol. The molecular formula is C27H18Cl4IN3O6. The highest BCUT2D eigenvalue weighted by Gasteiger charge is 2.71. The van der Waals surface area contributed by atoms with Crippen LogP contribution in [0.4, 0.5) is 0 Å². The standard InChI is InChI=1S/C27H18Cl4IN3O6/c1-41-17-10-12(9-15(32)21(17)36)18-14-7-8-33-24(39)34(13-5-3-2-4-6-13)25(40)35(33)16(14)11-26(30)22(37)19(28)20(29)23(38)27(18,26)31/h2-7,9-10,16,18,36H,8,11H2,1H3. The molecule has 1 aromatic heterocycles. The van der Waals surface area contributed by atoms with Gasteiger partial charge in [-0.15, -0.1) is 23.2 Å². The van der Waals surface area contributed by atoms with Gasteiger partial charge in [0.25, 0.3) is 0 Å². The number of nitrogens with zero attached hydrogens (tertiary/aromatic N) is 3. The number of phenols is 1. The largest absolute Gasteiger partial charge is 0.504 e. The van der Waals surface area contributed by atoms with Gasteiger partial charge in [-0.25, -0.2) is 23.5 Å². The number of Topliss-reactive ketones (excluding diaryl/α,β-unsaturated/α-hetero) is 2. The van der Waals surface area contributed by atoms with E-state index in [0.29, 0.717) is 20.4 Å². The van der Waals surface area contributed by atoms with Crippen LogP contribution in [-0.2, 0) is 16.1 Å². The van der Waals surface area contributed by atoms with Gasteiger partial charge in [-0.2, -0.15) is 0 Å². The van der Waals surface area contributed by atoms with Gasteiger partial charge in [0.2, 0.25) is 0 Å². The Balaban J connectivity index is 1.66. The lowest BCUT2D eigenvalue weighted by molar-refractivity contribution is -0.128. The number of halogens is 5. The molecule has 41 heavy (non-hydrogen) atoms. The minimum atomic E-state index is -2.18. The minimum absolute atomic E-state index is 0.0305. The Kier molecular flexibility index (Phi) is 6.81. The fourth-order valence-corrected chi connectivity index (χ4v) is 8.21. The normalized spacial score (nSPS) is 27.2. The van der Waals surface area contributed by atoms with E-state index in [1.165, 1.54) is 22.5 Å². The molecule has 0 radical (unpaired) electrons. The van der Waals surface area contributed by atoms with E-state index in [2.05, 4.69) is 0 Å². The number of hydrogen-bond donors (Lipinski definition) is 1. The number of rotatable bonds is 3. The quantitative estimate of drug-likeness (QED) is 0.239. The molecule has 1 fully saturated rings. The van der Waals surface area contributed by atoms with Crippen molar-refractivity contribution in [3.05, 3.63) is 94.3 Å². The molecule has 9 nitrogen and oxygen atoms in total. The predicted molar refractivity (Wildman–Crippen MR) is 162 cm³/mol. The van der Waals surface area contributed by atoms with E-state index in [1.54, 1.807) is 42.5 Å². The molecule has 0 saturated heterocycles. The van der Waals surface area contributed by atoms with Gasteiger partial charge in [0.05, 0.1) is 29.0 Å². The number of benzene rings is 2. The van der Waals surface area contributed by atoms with Crippen molar-refractivity contribution in [2.45, 2.75) is 34.7 Å². The fraction of sp³-hybridized carbons (Fsp3) is 0.259. The Morgan fingerprint density at radius 1 is 1.00 bits per heavy atom. The number of allylic oxidation sites excluding steroid dienone is 4. The van der Waals surface area contributed by atoms with Crippen molar-refractivity contribution < 1.29 is 19.4 Å². The summed E-state index contributed by atoms with van der Waals surface area (Å²) in [6.07, 6.45) is 1.36. The van der Waals surface area contributed by atoms with E-state index in [1.807, 2.05) is 22.6 Å². The number of para-hydroxylation sites is 1. The summed E-state index contributed by atoms with van der Waals surface area (Å²) in [6, 6.07) is 10.5. The topological polar surface area (TPSA) is 113 Å². The second-order valence-electron chi connectivity index (χ2n) is 9.87. The summed E-state index contributed by atoms with van der Waals surface area (Å²) in [5.41, 5.74) is -0.0550. The summed E-state index contributed by atoms with van der Waals surface area (Å²) in [5, 5.41) is 9.41. The van der Waals surface area contributed by atoms with Gasteiger partial charge in [-0.3, -0.25) is 9.59 Å². The van der Waals surface area contributed by atoms with Crippen molar-refractivity contribution in [2.24, 2.45) is 0 Å². The van der Waals surface area contributed by atoms with Gasteiger partial charge in [-0.05, 0) is 58.0 Å². The zero-order chi connectivity index (χ0) is 29.6. The zero-order valence-corrected chi connectivity index (χ0v) is 26.1. The summed E-state index contributed by atoms with van der Waals surface area (Å²) >= 11 is 28.8. The van der Waals surface area contributed by atoms with Crippen LogP contribution >= 0.6 is 69.0 Å². The third-order valence-electron chi connectivity index (χ3n) is 7.92. The van der Waals surface area contributed by atoms with E-state index in [0.717, 1.165) is 4.57 Å². The Hall–Kier alpha value is -2.51. The molecule has 1 aliphatic heterocycles. The van der Waals surface area contributed by atoms with Crippen molar-refractivity contribution in [1.29, 1.82) is 0 Å². The maximum absolute atomic E-state index is 13.9. The number of fused-ring (bicyclic) bond motifs is 4. The fourth-order valence-electron chi connectivity index (χ4n) is 6.06. The number of phenolic OH excluding ortho intramolecular Hbond substituents is 1. The second-order valence-corrected chi connectivity index (χ2v) is 13.0. The van der Waals surface area contributed by atoms with Crippen molar-refractivity contribution in [3.63, 3.8) is 0 Å². The van der Waals surface area contributed by atoms with Crippen molar-refractivity contribution in [3.8, 4) is 17.2 Å². The van der Waals surface area contributed by atoms with Crippen LogP contribution < -0.4 is 16.1 Å². The number of carbonyl (C=O) groups is 2. The molecule has 2 heterocycles. The first-order valence-electron chi connectivity index (χ1n) is 12.2. The third-order valence-corrected chi connectivity index (χ3v) is 11.0. The number of ketones is 2. The van der Waals surface area contributed by atoms with E-state index >= 15 is 0 Å². The molecule has 4 unspecified atom stereocenters. The first-order chi connectivity index (χ1) is 19.4. The smallest absolute Gasteiger partial charge is 0.352 e. The van der Waals surface area contributed by atoms with Gasteiger partial charge in [0, 0.05) is 12.3 Å². The van der Waals surface area contributed by atoms with Crippen LogP contribution in [0.15, 0.2) is 73.8 Å². The first kappa shape index (κ1) is 28.6. The average molecular weight is 749 g/mol. The summed E-state index contributed by atoms with van der Waals surface area (Å²) < 4.78 is 9.25. The number of alkyl halides is 2. The zero-order valence-electron chi connectivity index (χ0n) is 20.9. The molecular weight excluding hydrogens is 731 g/mol. The molecule has 2 aliphatic carbocycles. The van der Waals surface area contributed by atoms with E-state index < -0.39 is 54.7 Å². The first-order valence-corrected chi connectivity index (χ1v) is 14.8. The minimum Gasteiger partial charge on any atom is -0.504 e.